The number of benzene rings is 1. The molecule has 0 amide bonds. The van der Waals surface area contributed by atoms with E-state index in [1.165, 1.54) is 0 Å². The van der Waals surface area contributed by atoms with Crippen molar-refractivity contribution < 1.29 is 5.11 Å². The molecule has 0 aliphatic carbocycles. The molecule has 1 saturated heterocycles. The van der Waals surface area contributed by atoms with Gasteiger partial charge in [0, 0.05) is 30.9 Å². The predicted octanol–water partition coefficient (Wildman–Crippen LogP) is 1.60. The summed E-state index contributed by atoms with van der Waals surface area (Å²) in [5.41, 5.74) is 7.43. The molecule has 5 heteroatoms. The number of nitrogens with one attached hydrogen (secondary N) is 1. The van der Waals surface area contributed by atoms with Crippen molar-refractivity contribution in [2.24, 2.45) is 11.7 Å². The molecule has 18 heavy (non-hydrogen) atoms. The SMILES string of the molecule is Cl.N=C(N)c1ccccc1N1CCC(CO)CC1. The number of rotatable bonds is 3. The molecule has 0 atom stereocenters. The summed E-state index contributed by atoms with van der Waals surface area (Å²) >= 11 is 0. The van der Waals surface area contributed by atoms with Crippen molar-refractivity contribution >= 4 is 23.9 Å². The third kappa shape index (κ3) is 3.15. The van der Waals surface area contributed by atoms with Gasteiger partial charge >= 0.3 is 0 Å². The van der Waals surface area contributed by atoms with Gasteiger partial charge in [0.2, 0.25) is 0 Å². The van der Waals surface area contributed by atoms with Crippen LogP contribution in [0.15, 0.2) is 24.3 Å². The van der Waals surface area contributed by atoms with Crippen LogP contribution in [-0.4, -0.2) is 30.6 Å². The highest BCUT2D eigenvalue weighted by molar-refractivity contribution is 6.00. The molecule has 4 N–H and O–H groups in total. The van der Waals surface area contributed by atoms with Gasteiger partial charge in [-0.1, -0.05) is 12.1 Å². The van der Waals surface area contributed by atoms with Gasteiger partial charge in [0.25, 0.3) is 0 Å². The van der Waals surface area contributed by atoms with Crippen LogP contribution < -0.4 is 10.6 Å². The molecule has 1 aromatic rings. The number of anilines is 1. The summed E-state index contributed by atoms with van der Waals surface area (Å²) in [4.78, 5) is 2.25. The minimum atomic E-state index is 0. The molecule has 1 fully saturated rings. The number of nitrogens with two attached hydrogens (primary N) is 1. The second-order valence-corrected chi connectivity index (χ2v) is 4.54. The summed E-state index contributed by atoms with van der Waals surface area (Å²) in [5, 5.41) is 16.7. The van der Waals surface area contributed by atoms with E-state index in [2.05, 4.69) is 4.90 Å². The first kappa shape index (κ1) is 14.8. The lowest BCUT2D eigenvalue weighted by molar-refractivity contribution is 0.203. The van der Waals surface area contributed by atoms with Gasteiger partial charge in [-0.2, -0.15) is 0 Å². The lowest BCUT2D eigenvalue weighted by atomic mass is 9.97. The minimum Gasteiger partial charge on any atom is -0.396 e. The fourth-order valence-corrected chi connectivity index (χ4v) is 2.33. The third-order valence-corrected chi connectivity index (χ3v) is 3.41. The maximum Gasteiger partial charge on any atom is 0.124 e. The van der Waals surface area contributed by atoms with E-state index in [9.17, 15) is 0 Å². The zero-order chi connectivity index (χ0) is 12.3. The summed E-state index contributed by atoms with van der Waals surface area (Å²) in [6, 6.07) is 7.77. The van der Waals surface area contributed by atoms with Crippen molar-refractivity contribution in [2.75, 3.05) is 24.6 Å². The van der Waals surface area contributed by atoms with Gasteiger partial charge in [-0.05, 0) is 30.9 Å². The molecule has 1 heterocycles. The third-order valence-electron chi connectivity index (χ3n) is 3.41. The van der Waals surface area contributed by atoms with E-state index in [0.29, 0.717) is 5.92 Å². The molecule has 0 aromatic heterocycles. The Morgan fingerprint density at radius 2 is 1.94 bits per heavy atom. The van der Waals surface area contributed by atoms with E-state index in [1.807, 2.05) is 24.3 Å². The fourth-order valence-electron chi connectivity index (χ4n) is 2.33. The van der Waals surface area contributed by atoms with Crippen molar-refractivity contribution in [3.63, 3.8) is 0 Å². The van der Waals surface area contributed by atoms with Gasteiger partial charge < -0.3 is 15.7 Å². The molecule has 2 rings (SSSR count). The molecule has 1 aromatic carbocycles. The highest BCUT2D eigenvalue weighted by Gasteiger charge is 2.20. The van der Waals surface area contributed by atoms with Gasteiger partial charge in [0.1, 0.15) is 5.84 Å². The van der Waals surface area contributed by atoms with Crippen LogP contribution in [0, 0.1) is 11.3 Å². The van der Waals surface area contributed by atoms with E-state index >= 15 is 0 Å². The van der Waals surface area contributed by atoms with Crippen molar-refractivity contribution in [2.45, 2.75) is 12.8 Å². The predicted molar refractivity (Wildman–Crippen MR) is 76.7 cm³/mol. The zero-order valence-corrected chi connectivity index (χ0v) is 11.1. The van der Waals surface area contributed by atoms with Crippen LogP contribution in [0.3, 0.4) is 0 Å². The lowest BCUT2D eigenvalue weighted by Gasteiger charge is -2.34. The largest absolute Gasteiger partial charge is 0.396 e. The fraction of sp³-hybridized carbons (Fsp3) is 0.462. The van der Waals surface area contributed by atoms with Crippen LogP contribution in [0.2, 0.25) is 0 Å². The van der Waals surface area contributed by atoms with E-state index in [4.69, 9.17) is 16.2 Å². The van der Waals surface area contributed by atoms with Gasteiger partial charge in [0.05, 0.1) is 0 Å². The molecule has 1 aliphatic rings. The summed E-state index contributed by atoms with van der Waals surface area (Å²) in [7, 11) is 0. The maximum absolute atomic E-state index is 9.12. The number of halogens is 1. The number of hydrogen-bond acceptors (Lipinski definition) is 3. The monoisotopic (exact) mass is 269 g/mol. The topological polar surface area (TPSA) is 73.3 Å². The minimum absolute atomic E-state index is 0. The van der Waals surface area contributed by atoms with Crippen molar-refractivity contribution in [3.8, 4) is 0 Å². The number of aliphatic hydroxyl groups excluding tert-OH is 1. The van der Waals surface area contributed by atoms with Crippen LogP contribution in [0.4, 0.5) is 5.69 Å². The van der Waals surface area contributed by atoms with E-state index in [0.717, 1.165) is 37.2 Å². The van der Waals surface area contributed by atoms with E-state index in [-0.39, 0.29) is 24.8 Å². The average Bonchev–Trinajstić information content (AvgIpc) is 2.39. The second-order valence-electron chi connectivity index (χ2n) is 4.54. The number of para-hydroxylation sites is 1. The Labute approximate surface area is 114 Å². The lowest BCUT2D eigenvalue weighted by Crippen LogP contribution is -2.36. The smallest absolute Gasteiger partial charge is 0.124 e. The Kier molecular flexibility index (Phi) is 5.44. The molecule has 0 unspecified atom stereocenters. The van der Waals surface area contributed by atoms with Gasteiger partial charge in [-0.25, -0.2) is 0 Å². The van der Waals surface area contributed by atoms with Crippen molar-refractivity contribution in [3.05, 3.63) is 29.8 Å². The Bertz CT molecular complexity index is 403. The summed E-state index contributed by atoms with van der Waals surface area (Å²) in [6.07, 6.45) is 2.01. The first-order valence-electron chi connectivity index (χ1n) is 6.01. The van der Waals surface area contributed by atoms with Crippen LogP contribution in [0.25, 0.3) is 0 Å². The highest BCUT2D eigenvalue weighted by Crippen LogP contribution is 2.25. The number of amidine groups is 1. The second kappa shape index (κ2) is 6.61. The first-order chi connectivity index (χ1) is 8.22. The number of nitrogen functional groups attached to an aromatic ring is 1. The maximum atomic E-state index is 9.12. The van der Waals surface area contributed by atoms with Crippen molar-refractivity contribution in [1.29, 1.82) is 5.41 Å². The molecule has 0 bridgehead atoms. The quantitative estimate of drug-likeness (QED) is 0.576. The summed E-state index contributed by atoms with van der Waals surface area (Å²) < 4.78 is 0. The molecule has 4 nitrogen and oxygen atoms in total. The molecular weight excluding hydrogens is 250 g/mol. The summed E-state index contributed by atoms with van der Waals surface area (Å²) in [6.45, 7) is 2.13. The normalized spacial score (nSPS) is 16.2. The number of piperidine rings is 1. The van der Waals surface area contributed by atoms with Crippen LogP contribution in [-0.2, 0) is 0 Å². The molecule has 1 aliphatic heterocycles. The van der Waals surface area contributed by atoms with Gasteiger partial charge in [0.15, 0.2) is 0 Å². The standard InChI is InChI=1S/C13H19N3O.ClH/c14-13(15)11-3-1-2-4-12(11)16-7-5-10(9-17)6-8-16;/h1-4,10,17H,5-9H2,(H3,14,15);1H. The van der Waals surface area contributed by atoms with Gasteiger partial charge in [-0.15, -0.1) is 12.4 Å². The molecular formula is C13H20ClN3O. The zero-order valence-electron chi connectivity index (χ0n) is 10.3. The number of nitrogens with zero attached hydrogens (tertiary/aromatic N) is 1. The van der Waals surface area contributed by atoms with Crippen LogP contribution in [0.1, 0.15) is 18.4 Å². The Hall–Kier alpha value is -1.26. The average molecular weight is 270 g/mol. The van der Waals surface area contributed by atoms with Gasteiger partial charge in [-0.3, -0.25) is 5.41 Å². The van der Waals surface area contributed by atoms with Crippen molar-refractivity contribution in [1.82, 2.24) is 0 Å². The number of aliphatic hydroxyl groups is 1. The molecule has 0 radical (unpaired) electrons. The summed E-state index contributed by atoms with van der Waals surface area (Å²) in [5.74, 6) is 0.542. The Morgan fingerprint density at radius 1 is 1.33 bits per heavy atom. The molecule has 0 spiro atoms. The Morgan fingerprint density at radius 3 is 2.50 bits per heavy atom. The van der Waals surface area contributed by atoms with E-state index < -0.39 is 0 Å². The Balaban J connectivity index is 0.00000162. The molecule has 0 saturated carbocycles. The number of hydrogen-bond donors (Lipinski definition) is 3. The van der Waals surface area contributed by atoms with Crippen LogP contribution >= 0.6 is 12.4 Å². The molecule has 100 valence electrons. The van der Waals surface area contributed by atoms with E-state index in [1.54, 1.807) is 0 Å². The first-order valence-corrected chi connectivity index (χ1v) is 6.01. The highest BCUT2D eigenvalue weighted by atomic mass is 35.5. The van der Waals surface area contributed by atoms with Crippen LogP contribution in [0.5, 0.6) is 0 Å².